The summed E-state index contributed by atoms with van der Waals surface area (Å²) in [6.07, 6.45) is 6.47. The number of aliphatic imine (C=N–C) groups is 1. The highest BCUT2D eigenvalue weighted by Gasteiger charge is 2.15. The molecule has 1 heterocycles. The number of hydrogen-bond acceptors (Lipinski definition) is 4. The Bertz CT molecular complexity index is 544. The number of nitrogens with one attached hydrogen (secondary N) is 3. The summed E-state index contributed by atoms with van der Waals surface area (Å²) in [5, 5.41) is 10.6. The van der Waals surface area contributed by atoms with Crippen molar-refractivity contribution in [3.8, 4) is 0 Å². The number of aromatic nitrogens is 1. The Morgan fingerprint density at radius 1 is 1.25 bits per heavy atom. The van der Waals surface area contributed by atoms with Gasteiger partial charge in [0.05, 0.1) is 12.2 Å². The van der Waals surface area contributed by atoms with Crippen LogP contribution < -0.4 is 16.0 Å². The van der Waals surface area contributed by atoms with Crippen LogP contribution in [0.15, 0.2) is 4.99 Å². The predicted molar refractivity (Wildman–Crippen MR) is 99.4 cm³/mol. The second-order valence-corrected chi connectivity index (χ2v) is 7.54. The largest absolute Gasteiger partial charge is 0.356 e. The molecule has 1 aliphatic carbocycles. The molecule has 7 heteroatoms. The van der Waals surface area contributed by atoms with Crippen molar-refractivity contribution in [2.75, 3.05) is 13.6 Å². The van der Waals surface area contributed by atoms with Crippen molar-refractivity contribution in [2.24, 2.45) is 4.99 Å². The first-order valence-electron chi connectivity index (χ1n) is 8.75. The van der Waals surface area contributed by atoms with Crippen molar-refractivity contribution in [3.63, 3.8) is 0 Å². The number of carbonyl (C=O) groups excluding carboxylic acids is 1. The Hall–Kier alpha value is -1.63. The van der Waals surface area contributed by atoms with E-state index in [0.717, 1.165) is 23.5 Å². The fourth-order valence-corrected chi connectivity index (χ4v) is 3.71. The zero-order valence-electron chi connectivity index (χ0n) is 14.9. The molecule has 0 aliphatic heterocycles. The summed E-state index contributed by atoms with van der Waals surface area (Å²) in [6, 6.07) is 0.375. The summed E-state index contributed by atoms with van der Waals surface area (Å²) in [6.45, 7) is 5.32. The molecule has 3 N–H and O–H groups in total. The zero-order valence-corrected chi connectivity index (χ0v) is 15.8. The Kier molecular flexibility index (Phi) is 7.49. The molecule has 1 aromatic heterocycles. The molecular formula is C17H29N5OS. The van der Waals surface area contributed by atoms with Gasteiger partial charge in [0.1, 0.15) is 5.01 Å². The van der Waals surface area contributed by atoms with Gasteiger partial charge in [0.2, 0.25) is 5.91 Å². The highest BCUT2D eigenvalue weighted by atomic mass is 32.1. The molecule has 1 aromatic rings. The van der Waals surface area contributed by atoms with E-state index in [0.29, 0.717) is 31.5 Å². The first-order chi connectivity index (χ1) is 11.6. The quantitative estimate of drug-likeness (QED) is 0.543. The van der Waals surface area contributed by atoms with Crippen LogP contribution in [-0.4, -0.2) is 36.5 Å². The van der Waals surface area contributed by atoms with Gasteiger partial charge in [0, 0.05) is 30.9 Å². The number of guanidine groups is 1. The van der Waals surface area contributed by atoms with Crippen LogP contribution in [0.4, 0.5) is 0 Å². The lowest BCUT2D eigenvalue weighted by atomic mass is 9.95. The minimum atomic E-state index is 0.121. The van der Waals surface area contributed by atoms with E-state index in [1.54, 1.807) is 18.4 Å². The third-order valence-electron chi connectivity index (χ3n) is 4.32. The van der Waals surface area contributed by atoms with E-state index in [-0.39, 0.29) is 5.91 Å². The molecule has 0 atom stereocenters. The minimum absolute atomic E-state index is 0.121. The first kappa shape index (κ1) is 18.7. The second-order valence-electron chi connectivity index (χ2n) is 6.25. The van der Waals surface area contributed by atoms with Crippen LogP contribution in [0.3, 0.4) is 0 Å². The van der Waals surface area contributed by atoms with E-state index in [9.17, 15) is 4.79 Å². The molecule has 134 valence electrons. The van der Waals surface area contributed by atoms with Crippen LogP contribution in [-0.2, 0) is 11.3 Å². The topological polar surface area (TPSA) is 78.4 Å². The number of nitrogens with zero attached hydrogens (tertiary/aromatic N) is 2. The highest BCUT2D eigenvalue weighted by molar-refractivity contribution is 7.11. The van der Waals surface area contributed by atoms with Crippen molar-refractivity contribution < 1.29 is 4.79 Å². The molecule has 1 saturated carbocycles. The van der Waals surface area contributed by atoms with Crippen LogP contribution in [0.25, 0.3) is 0 Å². The SMILES string of the molecule is CN=C(NCCC(=O)NC1CCCCC1)NCc1nc(C)c(C)s1. The molecule has 1 amide bonds. The molecule has 0 aromatic carbocycles. The van der Waals surface area contributed by atoms with Crippen molar-refractivity contribution >= 4 is 23.2 Å². The monoisotopic (exact) mass is 351 g/mol. The van der Waals surface area contributed by atoms with Crippen LogP contribution in [0.2, 0.25) is 0 Å². The minimum Gasteiger partial charge on any atom is -0.356 e. The van der Waals surface area contributed by atoms with Gasteiger partial charge in [-0.2, -0.15) is 0 Å². The molecule has 0 unspecified atom stereocenters. The number of thiazole rings is 1. The lowest BCUT2D eigenvalue weighted by Gasteiger charge is -2.22. The average molecular weight is 352 g/mol. The van der Waals surface area contributed by atoms with Gasteiger partial charge < -0.3 is 16.0 Å². The highest BCUT2D eigenvalue weighted by Crippen LogP contribution is 2.17. The Morgan fingerprint density at radius 3 is 2.62 bits per heavy atom. The smallest absolute Gasteiger partial charge is 0.221 e. The summed E-state index contributed by atoms with van der Waals surface area (Å²) < 4.78 is 0. The van der Waals surface area contributed by atoms with Crippen molar-refractivity contribution in [3.05, 3.63) is 15.6 Å². The maximum atomic E-state index is 12.0. The van der Waals surface area contributed by atoms with E-state index >= 15 is 0 Å². The van der Waals surface area contributed by atoms with E-state index in [1.165, 1.54) is 24.1 Å². The fourth-order valence-electron chi connectivity index (χ4n) is 2.84. The molecule has 0 bridgehead atoms. The number of hydrogen-bond donors (Lipinski definition) is 3. The molecule has 0 radical (unpaired) electrons. The fraction of sp³-hybridized carbons (Fsp3) is 0.706. The normalized spacial score (nSPS) is 16.0. The summed E-state index contributed by atoms with van der Waals surface area (Å²) in [4.78, 5) is 21.9. The Balaban J connectivity index is 1.64. The third kappa shape index (κ3) is 6.11. The summed E-state index contributed by atoms with van der Waals surface area (Å²) in [5.74, 6) is 0.821. The standard InChI is InChI=1S/C17H29N5OS/c1-12-13(2)24-16(21-12)11-20-17(18-3)19-10-9-15(23)22-14-7-5-4-6-8-14/h14H,4-11H2,1-3H3,(H,22,23)(H2,18,19,20). The van der Waals surface area contributed by atoms with Crippen molar-refractivity contribution in [1.29, 1.82) is 0 Å². The van der Waals surface area contributed by atoms with Gasteiger partial charge >= 0.3 is 0 Å². The Labute approximate surface area is 148 Å². The number of carbonyl (C=O) groups is 1. The molecule has 0 spiro atoms. The van der Waals surface area contributed by atoms with Gasteiger partial charge in [-0.15, -0.1) is 11.3 Å². The second kappa shape index (κ2) is 9.61. The maximum Gasteiger partial charge on any atom is 0.221 e. The number of rotatable bonds is 6. The van der Waals surface area contributed by atoms with Crippen LogP contribution >= 0.6 is 11.3 Å². The van der Waals surface area contributed by atoms with E-state index in [1.807, 2.05) is 6.92 Å². The Morgan fingerprint density at radius 2 is 2.00 bits per heavy atom. The van der Waals surface area contributed by atoms with Gasteiger partial charge in [-0.1, -0.05) is 19.3 Å². The molecule has 24 heavy (non-hydrogen) atoms. The molecule has 1 fully saturated rings. The van der Waals surface area contributed by atoms with Gasteiger partial charge in [-0.25, -0.2) is 4.98 Å². The molecule has 6 nitrogen and oxygen atoms in total. The third-order valence-corrected chi connectivity index (χ3v) is 5.39. The van der Waals surface area contributed by atoms with Crippen LogP contribution in [0.1, 0.15) is 54.1 Å². The van der Waals surface area contributed by atoms with Crippen LogP contribution in [0, 0.1) is 13.8 Å². The molecule has 1 aliphatic rings. The van der Waals surface area contributed by atoms with Gasteiger partial charge in [0.15, 0.2) is 5.96 Å². The average Bonchev–Trinajstić information content (AvgIpc) is 2.90. The van der Waals surface area contributed by atoms with Crippen LogP contribution in [0.5, 0.6) is 0 Å². The molecule has 0 saturated heterocycles. The first-order valence-corrected chi connectivity index (χ1v) is 9.57. The summed E-state index contributed by atoms with van der Waals surface area (Å²) in [7, 11) is 1.73. The van der Waals surface area contributed by atoms with Crippen molar-refractivity contribution in [1.82, 2.24) is 20.9 Å². The lowest BCUT2D eigenvalue weighted by Crippen LogP contribution is -2.41. The van der Waals surface area contributed by atoms with Gasteiger partial charge in [-0.05, 0) is 26.7 Å². The maximum absolute atomic E-state index is 12.0. The van der Waals surface area contributed by atoms with E-state index in [4.69, 9.17) is 0 Å². The van der Waals surface area contributed by atoms with Gasteiger partial charge in [0.25, 0.3) is 0 Å². The van der Waals surface area contributed by atoms with Gasteiger partial charge in [-0.3, -0.25) is 9.79 Å². The summed E-state index contributed by atoms with van der Waals surface area (Å²) in [5.41, 5.74) is 1.08. The summed E-state index contributed by atoms with van der Waals surface area (Å²) >= 11 is 1.69. The molecule has 2 rings (SSSR count). The predicted octanol–water partition coefficient (Wildman–Crippen LogP) is 2.26. The lowest BCUT2D eigenvalue weighted by molar-refractivity contribution is -0.121. The zero-order chi connectivity index (χ0) is 17.4. The molecular weight excluding hydrogens is 322 g/mol. The van der Waals surface area contributed by atoms with E-state index in [2.05, 4.69) is 32.9 Å². The number of aryl methyl sites for hydroxylation is 2. The van der Waals surface area contributed by atoms with E-state index < -0.39 is 0 Å². The number of amides is 1. The van der Waals surface area contributed by atoms with Crippen molar-refractivity contribution in [2.45, 2.75) is 65.0 Å².